The van der Waals surface area contributed by atoms with Gasteiger partial charge >= 0.3 is 0 Å². The van der Waals surface area contributed by atoms with Crippen molar-refractivity contribution in [3.8, 4) is 0 Å². The maximum Gasteiger partial charge on any atom is 0.0738 e. The molecule has 20 heavy (non-hydrogen) atoms. The monoisotopic (exact) mass is 339 g/mol. The molecule has 0 saturated carbocycles. The van der Waals surface area contributed by atoms with Gasteiger partial charge in [-0.2, -0.15) is 10.2 Å². The van der Waals surface area contributed by atoms with Gasteiger partial charge in [0.25, 0.3) is 0 Å². The van der Waals surface area contributed by atoms with Gasteiger partial charge in [-0.25, -0.2) is 0 Å². The van der Waals surface area contributed by atoms with Gasteiger partial charge in [-0.05, 0) is 42.3 Å². The highest BCUT2D eigenvalue weighted by Crippen LogP contribution is 2.25. The predicted octanol–water partition coefficient (Wildman–Crippen LogP) is 2.51. The quantitative estimate of drug-likeness (QED) is 0.910. The van der Waals surface area contributed by atoms with E-state index in [4.69, 9.17) is 5.73 Å². The molecule has 2 N–H and O–H groups in total. The molecule has 2 rings (SSSR count). The first-order valence-electron chi connectivity index (χ1n) is 6.98. The molecular formula is C14H22BrN5. The molecule has 2 aromatic heterocycles. The van der Waals surface area contributed by atoms with Crippen LogP contribution in [0.4, 0.5) is 0 Å². The normalized spacial score (nSPS) is 12.9. The molecule has 110 valence electrons. The summed E-state index contributed by atoms with van der Waals surface area (Å²) in [5.41, 5.74) is 10.7. The number of aryl methyl sites for hydroxylation is 4. The van der Waals surface area contributed by atoms with E-state index in [2.05, 4.69) is 46.0 Å². The summed E-state index contributed by atoms with van der Waals surface area (Å²) in [6.07, 6.45) is 1.67. The summed E-state index contributed by atoms with van der Waals surface area (Å²) in [5, 5.41) is 8.98. The Bertz CT molecular complexity index is 599. The van der Waals surface area contributed by atoms with E-state index in [-0.39, 0.29) is 6.04 Å². The third-order valence-corrected chi connectivity index (χ3v) is 4.61. The van der Waals surface area contributed by atoms with Crippen LogP contribution >= 0.6 is 15.9 Å². The molecule has 2 heterocycles. The lowest BCUT2D eigenvalue weighted by molar-refractivity contribution is 0.561. The second kappa shape index (κ2) is 6.10. The predicted molar refractivity (Wildman–Crippen MR) is 83.6 cm³/mol. The number of nitrogens with zero attached hydrogens (tertiary/aromatic N) is 4. The van der Waals surface area contributed by atoms with E-state index in [1.54, 1.807) is 0 Å². The fourth-order valence-corrected chi connectivity index (χ4v) is 2.89. The number of halogens is 1. The molecular weight excluding hydrogens is 318 g/mol. The largest absolute Gasteiger partial charge is 0.322 e. The number of hydrogen-bond acceptors (Lipinski definition) is 3. The van der Waals surface area contributed by atoms with Crippen LogP contribution in [0.1, 0.15) is 42.7 Å². The molecule has 0 aromatic carbocycles. The van der Waals surface area contributed by atoms with Crippen LogP contribution in [0.15, 0.2) is 10.5 Å². The molecule has 0 aliphatic rings. The van der Waals surface area contributed by atoms with Crippen LogP contribution in [0.5, 0.6) is 0 Å². The summed E-state index contributed by atoms with van der Waals surface area (Å²) in [7, 11) is 1.95. The Morgan fingerprint density at radius 1 is 1.35 bits per heavy atom. The Morgan fingerprint density at radius 3 is 2.60 bits per heavy atom. The van der Waals surface area contributed by atoms with Crippen molar-refractivity contribution in [1.82, 2.24) is 19.6 Å². The average molecular weight is 340 g/mol. The number of hydrogen-bond donors (Lipinski definition) is 1. The zero-order chi connectivity index (χ0) is 14.9. The second-order valence-electron chi connectivity index (χ2n) is 5.01. The minimum absolute atomic E-state index is 0.0782. The Hall–Kier alpha value is -1.14. The standard InChI is InChI=1S/C14H22BrN5/c1-5-10-7-12(19(4)18-10)11(16)8-13-14(15)9(3)17-20(13)6-2/h7,11H,5-6,8,16H2,1-4H3. The van der Waals surface area contributed by atoms with Crippen molar-refractivity contribution >= 4 is 15.9 Å². The first kappa shape index (κ1) is 15.3. The smallest absolute Gasteiger partial charge is 0.0738 e. The lowest BCUT2D eigenvalue weighted by Crippen LogP contribution is -2.19. The summed E-state index contributed by atoms with van der Waals surface area (Å²) in [4.78, 5) is 0. The van der Waals surface area contributed by atoms with Gasteiger partial charge in [-0.1, -0.05) is 6.92 Å². The van der Waals surface area contributed by atoms with E-state index in [1.807, 2.05) is 23.3 Å². The van der Waals surface area contributed by atoms with E-state index in [1.165, 1.54) is 0 Å². The lowest BCUT2D eigenvalue weighted by Gasteiger charge is -2.13. The summed E-state index contributed by atoms with van der Waals surface area (Å²) in [6.45, 7) is 7.04. The van der Waals surface area contributed by atoms with Crippen molar-refractivity contribution in [1.29, 1.82) is 0 Å². The molecule has 1 atom stereocenters. The zero-order valence-electron chi connectivity index (χ0n) is 12.5. The molecule has 0 aliphatic heterocycles. The van der Waals surface area contributed by atoms with E-state index in [0.29, 0.717) is 0 Å². The van der Waals surface area contributed by atoms with Gasteiger partial charge in [0, 0.05) is 20.0 Å². The van der Waals surface area contributed by atoms with Gasteiger partial charge in [0.15, 0.2) is 0 Å². The van der Waals surface area contributed by atoms with Crippen molar-refractivity contribution in [2.24, 2.45) is 12.8 Å². The second-order valence-corrected chi connectivity index (χ2v) is 5.80. The highest BCUT2D eigenvalue weighted by Gasteiger charge is 2.19. The van der Waals surface area contributed by atoms with Crippen LogP contribution in [-0.4, -0.2) is 19.6 Å². The van der Waals surface area contributed by atoms with Crippen LogP contribution in [0.25, 0.3) is 0 Å². The van der Waals surface area contributed by atoms with Gasteiger partial charge in [0.05, 0.1) is 33.3 Å². The molecule has 2 aromatic rings. The molecule has 0 spiro atoms. The number of rotatable bonds is 5. The first-order valence-corrected chi connectivity index (χ1v) is 7.77. The fourth-order valence-electron chi connectivity index (χ4n) is 2.44. The molecule has 0 radical (unpaired) electrons. The highest BCUT2D eigenvalue weighted by molar-refractivity contribution is 9.10. The third kappa shape index (κ3) is 2.81. The van der Waals surface area contributed by atoms with Crippen LogP contribution < -0.4 is 5.73 Å². The molecule has 0 saturated heterocycles. The van der Waals surface area contributed by atoms with E-state index in [9.17, 15) is 0 Å². The van der Waals surface area contributed by atoms with Crippen LogP contribution in [-0.2, 0) is 26.4 Å². The molecule has 1 unspecified atom stereocenters. The van der Waals surface area contributed by atoms with Crippen LogP contribution in [0.2, 0.25) is 0 Å². The minimum atomic E-state index is -0.0782. The van der Waals surface area contributed by atoms with Crippen LogP contribution in [0, 0.1) is 6.92 Å². The Kier molecular flexibility index (Phi) is 4.65. The minimum Gasteiger partial charge on any atom is -0.322 e. The molecule has 0 amide bonds. The van der Waals surface area contributed by atoms with Crippen molar-refractivity contribution in [2.75, 3.05) is 0 Å². The Balaban J connectivity index is 2.27. The van der Waals surface area contributed by atoms with Gasteiger partial charge in [-0.3, -0.25) is 9.36 Å². The number of nitrogens with two attached hydrogens (primary N) is 1. The number of aromatic nitrogens is 4. The fraction of sp³-hybridized carbons (Fsp3) is 0.571. The maximum atomic E-state index is 6.37. The van der Waals surface area contributed by atoms with Crippen molar-refractivity contribution in [3.05, 3.63) is 33.3 Å². The van der Waals surface area contributed by atoms with Gasteiger partial charge in [0.1, 0.15) is 0 Å². The third-order valence-electron chi connectivity index (χ3n) is 3.57. The molecule has 0 bridgehead atoms. The first-order chi connectivity index (χ1) is 9.47. The van der Waals surface area contributed by atoms with Gasteiger partial charge in [-0.15, -0.1) is 0 Å². The Morgan fingerprint density at radius 2 is 2.05 bits per heavy atom. The van der Waals surface area contributed by atoms with E-state index in [0.717, 1.165) is 46.6 Å². The van der Waals surface area contributed by atoms with Crippen molar-refractivity contribution in [2.45, 2.75) is 46.2 Å². The van der Waals surface area contributed by atoms with Crippen molar-refractivity contribution < 1.29 is 0 Å². The van der Waals surface area contributed by atoms with Crippen molar-refractivity contribution in [3.63, 3.8) is 0 Å². The SMILES string of the molecule is CCc1cc(C(N)Cc2c(Br)c(C)nn2CC)n(C)n1. The molecule has 6 heteroatoms. The van der Waals surface area contributed by atoms with Gasteiger partial charge in [0.2, 0.25) is 0 Å². The maximum absolute atomic E-state index is 6.37. The van der Waals surface area contributed by atoms with Crippen LogP contribution in [0.3, 0.4) is 0 Å². The summed E-state index contributed by atoms with van der Waals surface area (Å²) >= 11 is 3.62. The molecule has 0 aliphatic carbocycles. The summed E-state index contributed by atoms with van der Waals surface area (Å²) in [5.74, 6) is 0. The van der Waals surface area contributed by atoms with E-state index < -0.39 is 0 Å². The topological polar surface area (TPSA) is 61.7 Å². The highest BCUT2D eigenvalue weighted by atomic mass is 79.9. The molecule has 0 fully saturated rings. The average Bonchev–Trinajstić information content (AvgIpc) is 2.93. The molecule has 5 nitrogen and oxygen atoms in total. The lowest BCUT2D eigenvalue weighted by atomic mass is 10.1. The zero-order valence-corrected chi connectivity index (χ0v) is 14.1. The Labute approximate surface area is 128 Å². The summed E-state index contributed by atoms with van der Waals surface area (Å²) < 4.78 is 4.96. The van der Waals surface area contributed by atoms with E-state index >= 15 is 0 Å². The van der Waals surface area contributed by atoms with Gasteiger partial charge < -0.3 is 5.73 Å². The summed E-state index contributed by atoms with van der Waals surface area (Å²) in [6, 6.07) is 2.02.